The van der Waals surface area contributed by atoms with Gasteiger partial charge in [0.25, 0.3) is 5.91 Å². The molecule has 1 aromatic heterocycles. The van der Waals surface area contributed by atoms with E-state index in [4.69, 9.17) is 0 Å². The molecule has 0 unspecified atom stereocenters. The molecule has 6 nitrogen and oxygen atoms in total. The highest BCUT2D eigenvalue weighted by molar-refractivity contribution is 7.89. The van der Waals surface area contributed by atoms with E-state index in [0.717, 1.165) is 41.3 Å². The van der Waals surface area contributed by atoms with Gasteiger partial charge in [-0.2, -0.15) is 4.31 Å². The summed E-state index contributed by atoms with van der Waals surface area (Å²) < 4.78 is 27.7. The second-order valence-corrected chi connectivity index (χ2v) is 10.2. The number of nitrogens with zero attached hydrogens (tertiary/aromatic N) is 2. The van der Waals surface area contributed by atoms with Crippen molar-refractivity contribution in [2.75, 3.05) is 26.2 Å². The minimum Gasteiger partial charge on any atom is -0.351 e. The van der Waals surface area contributed by atoms with Crippen LogP contribution >= 0.6 is 0 Å². The molecule has 7 heteroatoms. The molecule has 0 saturated carbocycles. The number of aromatic nitrogens is 1. The number of benzene rings is 2. The molecule has 1 aliphatic heterocycles. The minimum atomic E-state index is -3.54. The van der Waals surface area contributed by atoms with Crippen LogP contribution < -0.4 is 0 Å². The van der Waals surface area contributed by atoms with Gasteiger partial charge in [-0.25, -0.2) is 8.42 Å². The Kier molecular flexibility index (Phi) is 4.67. The SMILES string of the molecule is Cc1ccc2cc(C(=O)N3CCN(S(=O)(=O)c4ccc5c(c4)CCC5)CC3)[nH]c2c1. The van der Waals surface area contributed by atoms with Crippen molar-refractivity contribution in [3.63, 3.8) is 0 Å². The number of carbonyl (C=O) groups is 1. The molecular weight excluding hydrogens is 398 g/mol. The largest absolute Gasteiger partial charge is 0.351 e. The van der Waals surface area contributed by atoms with Gasteiger partial charge in [-0.15, -0.1) is 0 Å². The number of hydrogen-bond donors (Lipinski definition) is 1. The average molecular weight is 424 g/mol. The molecule has 3 aromatic rings. The van der Waals surface area contributed by atoms with Gasteiger partial charge < -0.3 is 9.88 Å². The van der Waals surface area contributed by atoms with Gasteiger partial charge in [0.1, 0.15) is 5.69 Å². The quantitative estimate of drug-likeness (QED) is 0.704. The number of hydrogen-bond acceptors (Lipinski definition) is 3. The first-order valence-corrected chi connectivity index (χ1v) is 11.9. The molecule has 30 heavy (non-hydrogen) atoms. The molecule has 1 aliphatic carbocycles. The van der Waals surface area contributed by atoms with Crippen LogP contribution in [0.25, 0.3) is 10.9 Å². The number of rotatable bonds is 3. The lowest BCUT2D eigenvalue weighted by molar-refractivity contribution is 0.0693. The Labute approximate surface area is 176 Å². The van der Waals surface area contributed by atoms with Crippen LogP contribution in [-0.2, 0) is 22.9 Å². The van der Waals surface area contributed by atoms with Gasteiger partial charge in [0, 0.05) is 37.1 Å². The minimum absolute atomic E-state index is 0.0848. The summed E-state index contributed by atoms with van der Waals surface area (Å²) in [6, 6.07) is 13.4. The predicted molar refractivity (Wildman–Crippen MR) is 116 cm³/mol. The summed E-state index contributed by atoms with van der Waals surface area (Å²) in [5, 5.41) is 1.00. The Morgan fingerprint density at radius 1 is 0.933 bits per heavy atom. The normalized spacial score (nSPS) is 17.4. The van der Waals surface area contributed by atoms with Crippen LogP contribution in [0.2, 0.25) is 0 Å². The highest BCUT2D eigenvalue weighted by atomic mass is 32.2. The maximum absolute atomic E-state index is 13.1. The molecule has 0 atom stereocenters. The molecule has 1 saturated heterocycles. The zero-order valence-electron chi connectivity index (χ0n) is 17.0. The zero-order valence-corrected chi connectivity index (χ0v) is 17.8. The summed E-state index contributed by atoms with van der Waals surface area (Å²) in [4.78, 5) is 18.2. The number of fused-ring (bicyclic) bond motifs is 2. The van der Waals surface area contributed by atoms with Gasteiger partial charge in [-0.05, 0) is 67.1 Å². The lowest BCUT2D eigenvalue weighted by atomic mass is 10.1. The van der Waals surface area contributed by atoms with Crippen LogP contribution in [0.3, 0.4) is 0 Å². The Bertz CT molecular complexity index is 1240. The van der Waals surface area contributed by atoms with Gasteiger partial charge >= 0.3 is 0 Å². The number of aryl methyl sites for hydroxylation is 3. The van der Waals surface area contributed by atoms with Gasteiger partial charge in [0.05, 0.1) is 4.90 Å². The van der Waals surface area contributed by atoms with E-state index in [9.17, 15) is 13.2 Å². The van der Waals surface area contributed by atoms with E-state index in [0.29, 0.717) is 36.8 Å². The van der Waals surface area contributed by atoms with Crippen molar-refractivity contribution in [1.82, 2.24) is 14.2 Å². The van der Waals surface area contributed by atoms with Crippen molar-refractivity contribution in [2.24, 2.45) is 0 Å². The van der Waals surface area contributed by atoms with Crippen LogP contribution in [0.15, 0.2) is 47.4 Å². The summed E-state index contributed by atoms with van der Waals surface area (Å²) in [6.45, 7) is 3.41. The second-order valence-electron chi connectivity index (χ2n) is 8.25. The molecule has 1 N–H and O–H groups in total. The molecule has 0 spiro atoms. The lowest BCUT2D eigenvalue weighted by Crippen LogP contribution is -2.50. The first-order valence-electron chi connectivity index (χ1n) is 10.4. The summed E-state index contributed by atoms with van der Waals surface area (Å²) >= 11 is 0. The van der Waals surface area contributed by atoms with Crippen LogP contribution in [0.4, 0.5) is 0 Å². The Morgan fingerprint density at radius 2 is 1.70 bits per heavy atom. The smallest absolute Gasteiger partial charge is 0.270 e. The summed E-state index contributed by atoms with van der Waals surface area (Å²) in [6.07, 6.45) is 3.07. The third-order valence-corrected chi connectivity index (χ3v) is 8.14. The topological polar surface area (TPSA) is 73.5 Å². The van der Waals surface area contributed by atoms with E-state index in [2.05, 4.69) is 4.98 Å². The Hall–Kier alpha value is -2.64. The third kappa shape index (κ3) is 3.32. The highest BCUT2D eigenvalue weighted by Gasteiger charge is 2.31. The molecule has 156 valence electrons. The molecule has 1 fully saturated rings. The molecule has 2 aliphatic rings. The van der Waals surface area contributed by atoms with Crippen molar-refractivity contribution >= 4 is 26.8 Å². The number of aromatic amines is 1. The molecular formula is C23H25N3O3S. The summed E-state index contributed by atoms with van der Waals surface area (Å²) in [5.41, 5.74) is 5.03. The Balaban J connectivity index is 1.30. The second kappa shape index (κ2) is 7.25. The number of piperazine rings is 1. The number of carbonyl (C=O) groups excluding carboxylic acids is 1. The standard InChI is InChI=1S/C23H25N3O3S/c1-16-5-6-19-15-22(24-21(19)13-16)23(27)25-9-11-26(12-10-25)30(28,29)20-8-7-17-3-2-4-18(17)14-20/h5-8,13-15,24H,2-4,9-12H2,1H3. The first kappa shape index (κ1) is 19.3. The van der Waals surface area contributed by atoms with E-state index >= 15 is 0 Å². The maximum atomic E-state index is 13.1. The zero-order chi connectivity index (χ0) is 20.9. The lowest BCUT2D eigenvalue weighted by Gasteiger charge is -2.33. The number of nitrogens with one attached hydrogen (secondary N) is 1. The van der Waals surface area contributed by atoms with Gasteiger partial charge in [0.15, 0.2) is 0 Å². The van der Waals surface area contributed by atoms with Gasteiger partial charge in [-0.1, -0.05) is 18.2 Å². The van der Waals surface area contributed by atoms with Crippen molar-refractivity contribution in [1.29, 1.82) is 0 Å². The average Bonchev–Trinajstić information content (AvgIpc) is 3.39. The fourth-order valence-corrected chi connectivity index (χ4v) is 5.99. The third-order valence-electron chi connectivity index (χ3n) is 6.24. The Morgan fingerprint density at radius 3 is 2.50 bits per heavy atom. The van der Waals surface area contributed by atoms with Crippen LogP contribution in [-0.4, -0.2) is 54.7 Å². The van der Waals surface area contributed by atoms with Gasteiger partial charge in [-0.3, -0.25) is 4.79 Å². The highest BCUT2D eigenvalue weighted by Crippen LogP contribution is 2.27. The van der Waals surface area contributed by atoms with Crippen molar-refractivity contribution < 1.29 is 13.2 Å². The van der Waals surface area contributed by atoms with Crippen molar-refractivity contribution in [2.45, 2.75) is 31.1 Å². The monoisotopic (exact) mass is 423 g/mol. The molecule has 0 radical (unpaired) electrons. The van der Waals surface area contributed by atoms with E-state index in [1.54, 1.807) is 11.0 Å². The van der Waals surface area contributed by atoms with E-state index in [1.165, 1.54) is 9.87 Å². The van der Waals surface area contributed by atoms with Crippen molar-refractivity contribution in [3.05, 3.63) is 64.8 Å². The molecule has 2 aromatic carbocycles. The number of sulfonamides is 1. The fourth-order valence-electron chi connectivity index (χ4n) is 4.52. The van der Waals surface area contributed by atoms with Crippen LogP contribution in [0, 0.1) is 6.92 Å². The van der Waals surface area contributed by atoms with Crippen LogP contribution in [0.1, 0.15) is 33.6 Å². The fraction of sp³-hybridized carbons (Fsp3) is 0.348. The molecule has 2 heterocycles. The summed E-state index contributed by atoms with van der Waals surface area (Å²) in [7, 11) is -3.54. The van der Waals surface area contributed by atoms with E-state index < -0.39 is 10.0 Å². The molecule has 1 amide bonds. The van der Waals surface area contributed by atoms with E-state index in [1.807, 2.05) is 43.3 Å². The summed E-state index contributed by atoms with van der Waals surface area (Å²) in [5.74, 6) is -0.0848. The molecule has 0 bridgehead atoms. The van der Waals surface area contributed by atoms with Gasteiger partial charge in [0.2, 0.25) is 10.0 Å². The van der Waals surface area contributed by atoms with Crippen molar-refractivity contribution in [3.8, 4) is 0 Å². The number of amides is 1. The van der Waals surface area contributed by atoms with E-state index in [-0.39, 0.29) is 5.91 Å². The number of H-pyrrole nitrogens is 1. The maximum Gasteiger partial charge on any atom is 0.270 e. The molecule has 5 rings (SSSR count). The first-order chi connectivity index (χ1) is 14.4. The predicted octanol–water partition coefficient (Wildman–Crippen LogP) is 3.11. The van der Waals surface area contributed by atoms with Crippen LogP contribution in [0.5, 0.6) is 0 Å².